The molecular formula is C15H16I2O6. The number of rotatable bonds is 5. The summed E-state index contributed by atoms with van der Waals surface area (Å²) in [7, 11) is 0. The van der Waals surface area contributed by atoms with Crippen LogP contribution in [-0.2, 0) is 9.59 Å². The van der Waals surface area contributed by atoms with E-state index in [1.165, 1.54) is 18.2 Å². The summed E-state index contributed by atoms with van der Waals surface area (Å²) < 4.78 is 8.79. The predicted molar refractivity (Wildman–Crippen MR) is 101 cm³/mol. The Kier molecular flexibility index (Phi) is 6.41. The van der Waals surface area contributed by atoms with Crippen LogP contribution in [0.15, 0.2) is 18.2 Å². The molecule has 1 aromatic rings. The van der Waals surface area contributed by atoms with Crippen molar-refractivity contribution in [3.8, 4) is 11.5 Å². The maximum absolute atomic E-state index is 11.9. The lowest BCUT2D eigenvalue weighted by Crippen LogP contribution is -2.30. The largest absolute Gasteiger partial charge is 0.478 e. The van der Waals surface area contributed by atoms with Gasteiger partial charge in [-0.25, -0.2) is 4.79 Å². The fourth-order valence-electron chi connectivity index (χ4n) is 1.27. The molecule has 8 heteroatoms. The van der Waals surface area contributed by atoms with Crippen molar-refractivity contribution in [2.45, 2.75) is 34.5 Å². The van der Waals surface area contributed by atoms with Gasteiger partial charge in [0.25, 0.3) is 0 Å². The number of benzene rings is 1. The van der Waals surface area contributed by atoms with Gasteiger partial charge in [0, 0.05) is 6.07 Å². The van der Waals surface area contributed by atoms with Crippen molar-refractivity contribution in [1.82, 2.24) is 0 Å². The number of carbonyl (C=O) groups is 3. The molecule has 0 radical (unpaired) electrons. The molecule has 0 fully saturated rings. The number of carboxylic acids is 1. The average Bonchev–Trinajstić information content (AvgIpc) is 2.35. The molecule has 0 aliphatic rings. The zero-order valence-electron chi connectivity index (χ0n) is 13.0. The van der Waals surface area contributed by atoms with Gasteiger partial charge in [0.1, 0.15) is 18.3 Å². The Labute approximate surface area is 161 Å². The second-order valence-corrected chi connectivity index (χ2v) is 11.1. The Morgan fingerprint density at radius 1 is 0.870 bits per heavy atom. The number of alkyl halides is 2. The van der Waals surface area contributed by atoms with Crippen LogP contribution in [0.25, 0.3) is 0 Å². The molecule has 0 saturated heterocycles. The van der Waals surface area contributed by atoms with Gasteiger partial charge in [-0.3, -0.25) is 9.59 Å². The summed E-state index contributed by atoms with van der Waals surface area (Å²) >= 11 is 3.83. The summed E-state index contributed by atoms with van der Waals surface area (Å²) in [5.74, 6) is -2.27. The summed E-state index contributed by atoms with van der Waals surface area (Å²) in [6, 6.07) is 3.72. The Morgan fingerprint density at radius 2 is 1.22 bits per heavy atom. The third-order valence-corrected chi connectivity index (χ3v) is 3.40. The van der Waals surface area contributed by atoms with Crippen molar-refractivity contribution in [2.24, 2.45) is 0 Å². The minimum atomic E-state index is -1.22. The first kappa shape index (κ1) is 20.1. The van der Waals surface area contributed by atoms with Crippen LogP contribution in [0.1, 0.15) is 38.1 Å². The average molecular weight is 546 g/mol. The molecule has 1 rings (SSSR count). The van der Waals surface area contributed by atoms with Gasteiger partial charge in [-0.05, 0) is 39.8 Å². The van der Waals surface area contributed by atoms with Gasteiger partial charge in [-0.15, -0.1) is 0 Å². The fraction of sp³-hybridized carbons (Fsp3) is 0.400. The van der Waals surface area contributed by atoms with Crippen LogP contribution in [0.3, 0.4) is 0 Å². The summed E-state index contributed by atoms with van der Waals surface area (Å²) in [4.78, 5) is 35.0. The molecule has 0 aliphatic carbocycles. The van der Waals surface area contributed by atoms with Gasteiger partial charge in [0.05, 0.1) is 5.56 Å². The van der Waals surface area contributed by atoms with Crippen molar-refractivity contribution in [3.05, 3.63) is 23.8 Å². The molecule has 0 spiro atoms. The summed E-state index contributed by atoms with van der Waals surface area (Å²) in [5.41, 5.74) is -0.143. The molecule has 0 aliphatic heterocycles. The van der Waals surface area contributed by atoms with Crippen molar-refractivity contribution >= 4 is 63.1 Å². The van der Waals surface area contributed by atoms with Gasteiger partial charge in [-0.2, -0.15) is 0 Å². The van der Waals surface area contributed by atoms with Crippen molar-refractivity contribution in [3.63, 3.8) is 0 Å². The number of hydrogen-bond acceptors (Lipinski definition) is 5. The summed E-state index contributed by atoms with van der Waals surface area (Å²) in [6.45, 7) is 6.65. The molecule has 23 heavy (non-hydrogen) atoms. The number of carbonyl (C=O) groups excluding carboxylic acids is 2. The number of hydrogen-bond donors (Lipinski definition) is 1. The van der Waals surface area contributed by atoms with Crippen molar-refractivity contribution < 1.29 is 29.0 Å². The molecule has 0 saturated carbocycles. The van der Waals surface area contributed by atoms with E-state index in [0.29, 0.717) is 0 Å². The van der Waals surface area contributed by atoms with E-state index in [0.717, 1.165) is 0 Å². The SMILES string of the molecule is CC(C)(I)C(=O)Oc1cc(OC(=O)C(C)(C)I)cc(C(=O)O)c1. The Hall–Kier alpha value is -0.910. The predicted octanol–water partition coefficient (Wildman–Crippen LogP) is 3.62. The van der Waals surface area contributed by atoms with Crippen LogP contribution in [0, 0.1) is 0 Å². The first-order chi connectivity index (χ1) is 10.3. The molecule has 1 aromatic carbocycles. The molecule has 0 heterocycles. The molecule has 0 aromatic heterocycles. The highest BCUT2D eigenvalue weighted by Gasteiger charge is 2.28. The van der Waals surface area contributed by atoms with Crippen molar-refractivity contribution in [1.29, 1.82) is 0 Å². The van der Waals surface area contributed by atoms with E-state index in [2.05, 4.69) is 0 Å². The van der Waals surface area contributed by atoms with E-state index >= 15 is 0 Å². The van der Waals surface area contributed by atoms with E-state index in [-0.39, 0.29) is 17.1 Å². The number of esters is 2. The highest BCUT2D eigenvalue weighted by Crippen LogP contribution is 2.28. The molecule has 1 N–H and O–H groups in total. The zero-order chi connectivity index (χ0) is 18.0. The van der Waals surface area contributed by atoms with Gasteiger partial charge < -0.3 is 14.6 Å². The number of halogens is 2. The minimum absolute atomic E-state index is 0.00806. The number of ether oxygens (including phenoxy) is 2. The van der Waals surface area contributed by atoms with Gasteiger partial charge >= 0.3 is 17.9 Å². The van der Waals surface area contributed by atoms with E-state index in [1.54, 1.807) is 27.7 Å². The topological polar surface area (TPSA) is 89.9 Å². The second kappa shape index (κ2) is 7.32. The Balaban J connectivity index is 3.16. The fourth-order valence-corrected chi connectivity index (χ4v) is 1.49. The number of aromatic carboxylic acids is 1. The van der Waals surface area contributed by atoms with E-state index in [9.17, 15) is 14.4 Å². The van der Waals surface area contributed by atoms with Crippen LogP contribution in [0.5, 0.6) is 11.5 Å². The lowest BCUT2D eigenvalue weighted by Gasteiger charge is -2.17. The van der Waals surface area contributed by atoms with Gasteiger partial charge in [-0.1, -0.05) is 45.2 Å². The number of carboxylic acid groups (broad SMARTS) is 1. The Bertz CT molecular complexity index is 594. The van der Waals surface area contributed by atoms with Gasteiger partial charge in [0.15, 0.2) is 0 Å². The molecule has 0 atom stereocenters. The first-order valence-corrected chi connectivity index (χ1v) is 8.67. The molecule has 126 valence electrons. The van der Waals surface area contributed by atoms with Crippen LogP contribution in [-0.4, -0.2) is 29.9 Å². The lowest BCUT2D eigenvalue weighted by atomic mass is 10.2. The monoisotopic (exact) mass is 546 g/mol. The molecule has 6 nitrogen and oxygen atoms in total. The van der Waals surface area contributed by atoms with Crippen molar-refractivity contribution in [2.75, 3.05) is 0 Å². The third-order valence-electron chi connectivity index (χ3n) is 2.52. The maximum atomic E-state index is 11.9. The van der Waals surface area contributed by atoms with Crippen LogP contribution < -0.4 is 9.47 Å². The second-order valence-electron chi connectivity index (χ2n) is 5.72. The lowest BCUT2D eigenvalue weighted by molar-refractivity contribution is -0.136. The summed E-state index contributed by atoms with van der Waals surface area (Å²) in [6.07, 6.45) is 0. The third kappa shape index (κ3) is 6.24. The molecule has 0 unspecified atom stereocenters. The normalized spacial score (nSPS) is 11.7. The van der Waals surface area contributed by atoms with E-state index in [4.69, 9.17) is 14.6 Å². The van der Waals surface area contributed by atoms with Crippen LogP contribution in [0.2, 0.25) is 0 Å². The smallest absolute Gasteiger partial charge is 0.335 e. The zero-order valence-corrected chi connectivity index (χ0v) is 17.3. The highest BCUT2D eigenvalue weighted by molar-refractivity contribution is 14.1. The molecular weight excluding hydrogens is 530 g/mol. The molecule has 0 amide bonds. The first-order valence-electron chi connectivity index (χ1n) is 6.51. The highest BCUT2D eigenvalue weighted by atomic mass is 127. The Morgan fingerprint density at radius 3 is 1.48 bits per heavy atom. The van der Waals surface area contributed by atoms with Crippen LogP contribution >= 0.6 is 45.2 Å². The maximum Gasteiger partial charge on any atom is 0.335 e. The molecule has 0 bridgehead atoms. The minimum Gasteiger partial charge on any atom is -0.478 e. The quantitative estimate of drug-likeness (QED) is 0.263. The van der Waals surface area contributed by atoms with E-state index < -0.39 is 24.8 Å². The van der Waals surface area contributed by atoms with Crippen LogP contribution in [0.4, 0.5) is 0 Å². The standard InChI is InChI=1S/C15H16I2O6/c1-14(2,16)12(20)22-9-5-8(11(18)19)6-10(7-9)23-13(21)15(3,4)17/h5-7H,1-4H3,(H,18,19). The van der Waals surface area contributed by atoms with Gasteiger partial charge in [0.2, 0.25) is 0 Å². The summed E-state index contributed by atoms with van der Waals surface area (Å²) in [5, 5.41) is 9.14. The van der Waals surface area contributed by atoms with E-state index in [1.807, 2.05) is 45.2 Å².